The summed E-state index contributed by atoms with van der Waals surface area (Å²) in [6.45, 7) is 1.98. The maximum atomic E-state index is 11.7. The van der Waals surface area contributed by atoms with Crippen molar-refractivity contribution in [3.05, 3.63) is 24.3 Å². The quantitative estimate of drug-likeness (QED) is 0.629. The lowest BCUT2D eigenvalue weighted by Crippen LogP contribution is -2.13. The van der Waals surface area contributed by atoms with Gasteiger partial charge in [-0.2, -0.15) is 0 Å². The van der Waals surface area contributed by atoms with E-state index < -0.39 is 0 Å². The van der Waals surface area contributed by atoms with E-state index in [4.69, 9.17) is 0 Å². The van der Waals surface area contributed by atoms with Gasteiger partial charge in [-0.05, 0) is 44.9 Å². The van der Waals surface area contributed by atoms with Gasteiger partial charge in [-0.25, -0.2) is 0 Å². The molecule has 1 unspecified atom stereocenters. The molecule has 1 nitrogen and oxygen atoms in total. The average Bonchev–Trinajstić information content (AvgIpc) is 2.29. The van der Waals surface area contributed by atoms with Crippen molar-refractivity contribution in [2.75, 3.05) is 0 Å². The summed E-state index contributed by atoms with van der Waals surface area (Å²) in [5.74, 6) is 0.761. The monoisotopic (exact) mass is 220 g/mol. The Hall–Kier alpha value is -0.850. The van der Waals surface area contributed by atoms with Crippen LogP contribution in [0.25, 0.3) is 0 Å². The molecule has 0 aliphatic heterocycles. The van der Waals surface area contributed by atoms with E-state index in [1.807, 2.05) is 6.92 Å². The number of allylic oxidation sites excluding steroid dienone is 4. The van der Waals surface area contributed by atoms with E-state index in [-0.39, 0.29) is 0 Å². The van der Waals surface area contributed by atoms with Gasteiger partial charge in [0.1, 0.15) is 5.78 Å². The SMILES string of the molecule is CCC(=O)C1CCC=CCCC=CCCC1. The van der Waals surface area contributed by atoms with Crippen molar-refractivity contribution in [3.8, 4) is 0 Å². The molecule has 0 heterocycles. The Kier molecular flexibility index (Phi) is 6.87. The van der Waals surface area contributed by atoms with Crippen LogP contribution in [0.5, 0.6) is 0 Å². The van der Waals surface area contributed by atoms with E-state index in [0.717, 1.165) is 44.9 Å². The number of carbonyl (C=O) groups is 1. The Morgan fingerprint density at radius 2 is 1.62 bits per heavy atom. The van der Waals surface area contributed by atoms with Gasteiger partial charge in [0.25, 0.3) is 0 Å². The van der Waals surface area contributed by atoms with E-state index >= 15 is 0 Å². The van der Waals surface area contributed by atoms with Crippen LogP contribution in [-0.2, 0) is 4.79 Å². The van der Waals surface area contributed by atoms with Crippen LogP contribution < -0.4 is 0 Å². The summed E-state index contributed by atoms with van der Waals surface area (Å²) in [6.07, 6.45) is 17.5. The molecule has 0 N–H and O–H groups in total. The Labute approximate surface area is 99.6 Å². The summed E-state index contributed by atoms with van der Waals surface area (Å²) in [4.78, 5) is 11.7. The van der Waals surface area contributed by atoms with Crippen molar-refractivity contribution in [2.24, 2.45) is 5.92 Å². The second-order valence-corrected chi connectivity index (χ2v) is 4.55. The van der Waals surface area contributed by atoms with Gasteiger partial charge in [0, 0.05) is 12.3 Å². The maximum Gasteiger partial charge on any atom is 0.135 e. The minimum absolute atomic E-state index is 0.308. The van der Waals surface area contributed by atoms with Crippen LogP contribution in [0.15, 0.2) is 24.3 Å². The third-order valence-electron chi connectivity index (χ3n) is 3.24. The molecule has 0 spiro atoms. The molecule has 0 amide bonds. The molecule has 1 atom stereocenters. The largest absolute Gasteiger partial charge is 0.299 e. The normalized spacial score (nSPS) is 23.4. The summed E-state index contributed by atoms with van der Waals surface area (Å²) < 4.78 is 0. The molecule has 0 aromatic heterocycles. The Morgan fingerprint density at radius 3 is 2.31 bits per heavy atom. The number of carbonyl (C=O) groups excluding carboxylic acids is 1. The third-order valence-corrected chi connectivity index (χ3v) is 3.24. The molecular formula is C15H24O. The predicted octanol–water partition coefficient (Wildman–Crippen LogP) is 4.44. The van der Waals surface area contributed by atoms with Gasteiger partial charge in [0.15, 0.2) is 0 Å². The number of rotatable bonds is 2. The van der Waals surface area contributed by atoms with Crippen LogP contribution in [-0.4, -0.2) is 5.78 Å². The molecule has 1 heteroatoms. The molecule has 1 aliphatic rings. The first-order valence-corrected chi connectivity index (χ1v) is 6.67. The molecule has 90 valence electrons. The average molecular weight is 220 g/mol. The molecule has 0 saturated carbocycles. The minimum Gasteiger partial charge on any atom is -0.299 e. The first kappa shape index (κ1) is 13.2. The minimum atomic E-state index is 0.308. The van der Waals surface area contributed by atoms with Crippen LogP contribution in [0.2, 0.25) is 0 Å². The molecule has 0 aromatic rings. The summed E-state index contributed by atoms with van der Waals surface area (Å²) >= 11 is 0. The molecular weight excluding hydrogens is 196 g/mol. The first-order chi connectivity index (χ1) is 7.84. The number of hydrogen-bond donors (Lipinski definition) is 0. The van der Waals surface area contributed by atoms with Gasteiger partial charge in [-0.15, -0.1) is 0 Å². The van der Waals surface area contributed by atoms with Crippen LogP contribution in [0.4, 0.5) is 0 Å². The van der Waals surface area contributed by atoms with E-state index in [9.17, 15) is 4.79 Å². The highest BCUT2D eigenvalue weighted by Gasteiger charge is 2.14. The highest BCUT2D eigenvalue weighted by atomic mass is 16.1. The summed E-state index contributed by atoms with van der Waals surface area (Å²) in [6, 6.07) is 0. The Balaban J connectivity index is 2.47. The first-order valence-electron chi connectivity index (χ1n) is 6.67. The van der Waals surface area contributed by atoms with Gasteiger partial charge in [-0.3, -0.25) is 4.79 Å². The summed E-state index contributed by atoms with van der Waals surface area (Å²) in [5, 5.41) is 0. The molecule has 0 aromatic carbocycles. The number of hydrogen-bond acceptors (Lipinski definition) is 1. The smallest absolute Gasteiger partial charge is 0.135 e. The van der Waals surface area contributed by atoms with Crippen molar-refractivity contribution < 1.29 is 4.79 Å². The second-order valence-electron chi connectivity index (χ2n) is 4.55. The van der Waals surface area contributed by atoms with Gasteiger partial charge < -0.3 is 0 Å². The zero-order valence-electron chi connectivity index (χ0n) is 10.5. The second kappa shape index (κ2) is 8.32. The van der Waals surface area contributed by atoms with Crippen molar-refractivity contribution in [3.63, 3.8) is 0 Å². The van der Waals surface area contributed by atoms with E-state index in [1.165, 1.54) is 0 Å². The fraction of sp³-hybridized carbons (Fsp3) is 0.667. The molecule has 1 rings (SSSR count). The van der Waals surface area contributed by atoms with Gasteiger partial charge in [-0.1, -0.05) is 31.2 Å². The highest BCUT2D eigenvalue weighted by molar-refractivity contribution is 5.80. The Bertz CT molecular complexity index is 250. The lowest BCUT2D eigenvalue weighted by atomic mass is 9.91. The molecule has 0 fully saturated rings. The summed E-state index contributed by atoms with van der Waals surface area (Å²) in [7, 11) is 0. The van der Waals surface area contributed by atoms with Crippen LogP contribution in [0.3, 0.4) is 0 Å². The molecule has 1 aliphatic carbocycles. The standard InChI is InChI=1S/C15H24O/c1-2-15(16)14-12-10-8-6-4-3-5-7-9-11-13-14/h4,6-7,9,14H,2-3,5,8,10-13H2,1H3. The highest BCUT2D eigenvalue weighted by Crippen LogP contribution is 2.19. The van der Waals surface area contributed by atoms with Gasteiger partial charge in [0.2, 0.25) is 0 Å². The van der Waals surface area contributed by atoms with Crippen molar-refractivity contribution >= 4 is 5.78 Å². The van der Waals surface area contributed by atoms with Crippen LogP contribution in [0, 0.1) is 5.92 Å². The van der Waals surface area contributed by atoms with Crippen LogP contribution >= 0.6 is 0 Å². The van der Waals surface area contributed by atoms with Gasteiger partial charge in [0.05, 0.1) is 0 Å². The molecule has 0 saturated heterocycles. The molecule has 0 bridgehead atoms. The van der Waals surface area contributed by atoms with Crippen molar-refractivity contribution in [1.82, 2.24) is 0 Å². The lowest BCUT2D eigenvalue weighted by Gasteiger charge is -2.13. The van der Waals surface area contributed by atoms with E-state index in [2.05, 4.69) is 24.3 Å². The topological polar surface area (TPSA) is 17.1 Å². The molecule has 16 heavy (non-hydrogen) atoms. The zero-order chi connectivity index (χ0) is 11.6. The number of ketones is 1. The third kappa shape index (κ3) is 5.29. The van der Waals surface area contributed by atoms with Gasteiger partial charge >= 0.3 is 0 Å². The van der Waals surface area contributed by atoms with Crippen LogP contribution in [0.1, 0.15) is 58.3 Å². The Morgan fingerprint density at radius 1 is 1.00 bits per heavy atom. The van der Waals surface area contributed by atoms with Crippen molar-refractivity contribution in [1.29, 1.82) is 0 Å². The fourth-order valence-electron chi connectivity index (χ4n) is 2.20. The predicted molar refractivity (Wildman–Crippen MR) is 69.4 cm³/mol. The number of Topliss-reactive ketones (excluding diaryl/α,β-unsaturated/α-hetero) is 1. The van der Waals surface area contributed by atoms with E-state index in [1.54, 1.807) is 0 Å². The summed E-state index contributed by atoms with van der Waals surface area (Å²) in [5.41, 5.74) is 0. The van der Waals surface area contributed by atoms with E-state index in [0.29, 0.717) is 18.1 Å². The zero-order valence-corrected chi connectivity index (χ0v) is 10.5. The fourth-order valence-corrected chi connectivity index (χ4v) is 2.20. The maximum absolute atomic E-state index is 11.7. The lowest BCUT2D eigenvalue weighted by molar-refractivity contribution is -0.123. The van der Waals surface area contributed by atoms with Crippen molar-refractivity contribution in [2.45, 2.75) is 58.3 Å². The molecule has 0 radical (unpaired) electrons.